The number of benzene rings is 1. The van der Waals surface area contributed by atoms with Crippen molar-refractivity contribution >= 4 is 36.8 Å². The highest BCUT2D eigenvalue weighted by Crippen LogP contribution is 2.24. The molecule has 8 heteroatoms. The van der Waals surface area contributed by atoms with Crippen molar-refractivity contribution in [2.75, 3.05) is 7.11 Å². The minimum Gasteiger partial charge on any atom is -0.469 e. The van der Waals surface area contributed by atoms with Crippen LogP contribution in [0.1, 0.15) is 5.56 Å². The molecule has 0 saturated carbocycles. The van der Waals surface area contributed by atoms with Crippen LogP contribution in [0.15, 0.2) is 27.8 Å². The second-order valence-electron chi connectivity index (χ2n) is 3.43. The lowest BCUT2D eigenvalue weighted by molar-refractivity contribution is -0.139. The maximum atomic E-state index is 11.2. The first-order chi connectivity index (χ1) is 8.41. The summed E-state index contributed by atoms with van der Waals surface area (Å²) in [7, 11) is 2.37. The summed E-state index contributed by atoms with van der Waals surface area (Å²) in [6.07, 6.45) is -0.0256. The molecule has 96 valence electrons. The number of methoxy groups -OCH3 is 1. The second-order valence-corrected chi connectivity index (χ2v) is 5.88. The third kappa shape index (κ3) is 2.46. The molecule has 1 aromatic heterocycles. The number of hydrogen-bond donors (Lipinski definition) is 0. The van der Waals surface area contributed by atoms with Gasteiger partial charge < -0.3 is 9.15 Å². The summed E-state index contributed by atoms with van der Waals surface area (Å²) in [5, 5.41) is -0.587. The standard InChI is InChI=1S/C10H8ClNO5S/c1-16-8(13)5-6-3-2-4-7-9(6)12-10(17-7)18(11,14)15/h2-4H,5H2,1H3. The predicted molar refractivity (Wildman–Crippen MR) is 62.8 cm³/mol. The Morgan fingerprint density at radius 3 is 2.83 bits per heavy atom. The van der Waals surface area contributed by atoms with Crippen molar-refractivity contribution in [1.29, 1.82) is 0 Å². The molecule has 0 aliphatic rings. The van der Waals surface area contributed by atoms with E-state index in [1.807, 2.05) is 0 Å². The monoisotopic (exact) mass is 289 g/mol. The predicted octanol–water partition coefficient (Wildman–Crippen LogP) is 1.47. The third-order valence-electron chi connectivity index (χ3n) is 2.25. The summed E-state index contributed by atoms with van der Waals surface area (Å²) < 4.78 is 31.8. The SMILES string of the molecule is COC(=O)Cc1cccc2oc(S(=O)(=O)Cl)nc12. The summed E-state index contributed by atoms with van der Waals surface area (Å²) in [5.41, 5.74) is 1.03. The molecule has 0 aliphatic heterocycles. The first kappa shape index (κ1) is 12.8. The van der Waals surface area contributed by atoms with E-state index in [9.17, 15) is 13.2 Å². The largest absolute Gasteiger partial charge is 0.469 e. The maximum Gasteiger partial charge on any atom is 0.332 e. The molecule has 1 aromatic carbocycles. The fourth-order valence-electron chi connectivity index (χ4n) is 1.46. The number of carbonyl (C=O) groups is 1. The number of halogens is 1. The second kappa shape index (κ2) is 4.58. The van der Waals surface area contributed by atoms with Gasteiger partial charge in [0.25, 0.3) is 0 Å². The molecule has 0 radical (unpaired) electrons. The molecule has 0 amide bonds. The summed E-state index contributed by atoms with van der Waals surface area (Å²) in [4.78, 5) is 15.0. The zero-order valence-electron chi connectivity index (χ0n) is 9.21. The van der Waals surface area contributed by atoms with Gasteiger partial charge in [0.15, 0.2) is 5.58 Å². The molecule has 0 saturated heterocycles. The highest BCUT2D eigenvalue weighted by molar-refractivity contribution is 8.13. The topological polar surface area (TPSA) is 86.5 Å². The Bertz CT molecular complexity index is 706. The van der Waals surface area contributed by atoms with Crippen molar-refractivity contribution in [2.24, 2.45) is 0 Å². The van der Waals surface area contributed by atoms with Gasteiger partial charge in [-0.05, 0) is 11.6 Å². The van der Waals surface area contributed by atoms with Gasteiger partial charge in [0.1, 0.15) is 5.52 Å². The van der Waals surface area contributed by atoms with Gasteiger partial charge in [0, 0.05) is 10.7 Å². The number of ether oxygens (including phenoxy) is 1. The molecule has 0 fully saturated rings. The molecule has 2 rings (SSSR count). The third-order valence-corrected chi connectivity index (χ3v) is 3.24. The molecule has 0 bridgehead atoms. The zero-order chi connectivity index (χ0) is 13.3. The molecule has 0 atom stereocenters. The van der Waals surface area contributed by atoms with Gasteiger partial charge in [0.2, 0.25) is 0 Å². The Labute approximate surface area is 107 Å². The van der Waals surface area contributed by atoms with E-state index < -0.39 is 20.2 Å². The fourth-order valence-corrected chi connectivity index (χ4v) is 2.05. The Kier molecular flexibility index (Phi) is 3.27. The van der Waals surface area contributed by atoms with Gasteiger partial charge >= 0.3 is 20.2 Å². The molecule has 0 N–H and O–H groups in total. The van der Waals surface area contributed by atoms with Crippen molar-refractivity contribution in [3.8, 4) is 0 Å². The number of rotatable bonds is 3. The molecule has 0 spiro atoms. The molecule has 1 heterocycles. The number of para-hydroxylation sites is 1. The summed E-state index contributed by atoms with van der Waals surface area (Å²) in [5.74, 6) is -0.458. The summed E-state index contributed by atoms with van der Waals surface area (Å²) >= 11 is 0. The van der Waals surface area contributed by atoms with Crippen LogP contribution in [-0.2, 0) is 25.0 Å². The van der Waals surface area contributed by atoms with Crippen molar-refractivity contribution in [3.63, 3.8) is 0 Å². The van der Waals surface area contributed by atoms with E-state index >= 15 is 0 Å². The lowest BCUT2D eigenvalue weighted by Gasteiger charge is -1.99. The highest BCUT2D eigenvalue weighted by Gasteiger charge is 2.20. The van der Waals surface area contributed by atoms with Crippen LogP contribution in [0.2, 0.25) is 0 Å². The van der Waals surface area contributed by atoms with Crippen LogP contribution in [0.4, 0.5) is 0 Å². The smallest absolute Gasteiger partial charge is 0.332 e. The van der Waals surface area contributed by atoms with Gasteiger partial charge in [-0.1, -0.05) is 12.1 Å². The number of hydrogen-bond acceptors (Lipinski definition) is 6. The van der Waals surface area contributed by atoms with Crippen molar-refractivity contribution in [3.05, 3.63) is 23.8 Å². The average Bonchev–Trinajstić information content (AvgIpc) is 2.73. The molecule has 2 aromatic rings. The lowest BCUT2D eigenvalue weighted by Crippen LogP contribution is -2.04. The minimum absolute atomic E-state index is 0.0256. The van der Waals surface area contributed by atoms with Crippen LogP contribution in [0.5, 0.6) is 0 Å². The number of fused-ring (bicyclic) bond motifs is 1. The van der Waals surface area contributed by atoms with E-state index in [2.05, 4.69) is 9.72 Å². The van der Waals surface area contributed by atoms with Crippen LogP contribution in [-0.4, -0.2) is 26.5 Å². The van der Waals surface area contributed by atoms with E-state index in [0.717, 1.165) is 0 Å². The molecular weight excluding hydrogens is 282 g/mol. The van der Waals surface area contributed by atoms with E-state index in [-0.39, 0.29) is 17.5 Å². The van der Waals surface area contributed by atoms with E-state index in [4.69, 9.17) is 15.1 Å². The van der Waals surface area contributed by atoms with Gasteiger partial charge in [-0.3, -0.25) is 4.79 Å². The van der Waals surface area contributed by atoms with Gasteiger partial charge in [-0.25, -0.2) is 8.42 Å². The first-order valence-corrected chi connectivity index (χ1v) is 7.12. The first-order valence-electron chi connectivity index (χ1n) is 4.81. The Balaban J connectivity index is 2.56. The Morgan fingerprint density at radius 1 is 1.50 bits per heavy atom. The lowest BCUT2D eigenvalue weighted by atomic mass is 10.1. The maximum absolute atomic E-state index is 11.2. The van der Waals surface area contributed by atoms with E-state index in [1.165, 1.54) is 13.2 Å². The molecule has 18 heavy (non-hydrogen) atoms. The number of nitrogens with zero attached hydrogens (tertiary/aromatic N) is 1. The summed E-state index contributed by atoms with van der Waals surface area (Å²) in [6, 6.07) is 4.79. The van der Waals surface area contributed by atoms with E-state index in [1.54, 1.807) is 12.1 Å². The van der Waals surface area contributed by atoms with Crippen LogP contribution in [0.25, 0.3) is 11.1 Å². The Morgan fingerprint density at radius 2 is 2.22 bits per heavy atom. The number of carbonyl (C=O) groups excluding carboxylic acids is 1. The van der Waals surface area contributed by atoms with Crippen LogP contribution in [0.3, 0.4) is 0 Å². The Hall–Kier alpha value is -1.60. The minimum atomic E-state index is -4.04. The molecule has 0 aliphatic carbocycles. The van der Waals surface area contributed by atoms with Gasteiger partial charge in [0.05, 0.1) is 13.5 Å². The van der Waals surface area contributed by atoms with Crippen molar-refractivity contribution in [2.45, 2.75) is 11.6 Å². The van der Waals surface area contributed by atoms with Crippen molar-refractivity contribution < 1.29 is 22.4 Å². The average molecular weight is 290 g/mol. The highest BCUT2D eigenvalue weighted by atomic mass is 35.7. The van der Waals surface area contributed by atoms with Gasteiger partial charge in [-0.15, -0.1) is 0 Å². The zero-order valence-corrected chi connectivity index (χ0v) is 10.8. The molecule has 6 nitrogen and oxygen atoms in total. The van der Waals surface area contributed by atoms with E-state index in [0.29, 0.717) is 5.56 Å². The van der Waals surface area contributed by atoms with Crippen LogP contribution < -0.4 is 0 Å². The fraction of sp³-hybridized carbons (Fsp3) is 0.200. The molecular formula is C10H8ClNO5S. The van der Waals surface area contributed by atoms with Gasteiger partial charge in [-0.2, -0.15) is 4.98 Å². The molecule has 0 unspecified atom stereocenters. The van der Waals surface area contributed by atoms with Crippen molar-refractivity contribution in [1.82, 2.24) is 4.98 Å². The summed E-state index contributed by atoms with van der Waals surface area (Å²) in [6.45, 7) is 0. The number of oxazole rings is 1. The number of aromatic nitrogens is 1. The number of esters is 1. The van der Waals surface area contributed by atoms with Crippen LogP contribution >= 0.6 is 10.7 Å². The van der Waals surface area contributed by atoms with Crippen LogP contribution in [0, 0.1) is 0 Å². The normalized spacial score (nSPS) is 11.7. The quantitative estimate of drug-likeness (QED) is 0.628.